The van der Waals surface area contributed by atoms with Gasteiger partial charge in [-0.15, -0.1) is 0 Å². The lowest BCUT2D eigenvalue weighted by atomic mass is 9.95. The number of fused-ring (bicyclic) bond motifs is 1. The predicted octanol–water partition coefficient (Wildman–Crippen LogP) is 3.82. The maximum Gasteiger partial charge on any atom is 0.223 e. The molecule has 2 aliphatic rings. The van der Waals surface area contributed by atoms with Crippen LogP contribution in [0.25, 0.3) is 10.9 Å². The van der Waals surface area contributed by atoms with Gasteiger partial charge in [-0.3, -0.25) is 9.78 Å². The van der Waals surface area contributed by atoms with Gasteiger partial charge in [0.2, 0.25) is 5.91 Å². The van der Waals surface area contributed by atoms with Crippen molar-refractivity contribution in [1.82, 2.24) is 15.2 Å². The summed E-state index contributed by atoms with van der Waals surface area (Å²) in [5, 5.41) is 4.34. The summed E-state index contributed by atoms with van der Waals surface area (Å²) in [4.78, 5) is 21.9. The van der Waals surface area contributed by atoms with Crippen LogP contribution in [0.5, 0.6) is 0 Å². The van der Waals surface area contributed by atoms with Gasteiger partial charge in [0.15, 0.2) is 0 Å². The summed E-state index contributed by atoms with van der Waals surface area (Å²) in [6.45, 7) is 6.20. The molecule has 0 bridgehead atoms. The number of carbonyl (C=O) groups excluding carboxylic acids is 1. The lowest BCUT2D eigenvalue weighted by molar-refractivity contribution is -0.125. The molecule has 28 heavy (non-hydrogen) atoms. The van der Waals surface area contributed by atoms with Gasteiger partial charge in [-0.25, -0.2) is 0 Å². The second-order valence-corrected chi connectivity index (χ2v) is 8.86. The first-order valence-electron chi connectivity index (χ1n) is 10.5. The molecule has 0 radical (unpaired) electrons. The number of amides is 1. The molecule has 150 valence electrons. The molecule has 1 aromatic heterocycles. The van der Waals surface area contributed by atoms with Crippen molar-refractivity contribution in [2.24, 2.45) is 5.92 Å². The van der Waals surface area contributed by atoms with Crippen LogP contribution in [0.2, 0.25) is 0 Å². The highest BCUT2D eigenvalue weighted by molar-refractivity contribution is 9.10. The number of piperidine rings is 1. The first-order chi connectivity index (χ1) is 13.7. The molecule has 1 N–H and O–H groups in total. The van der Waals surface area contributed by atoms with Crippen molar-refractivity contribution >= 4 is 38.4 Å². The van der Waals surface area contributed by atoms with Crippen LogP contribution >= 0.6 is 15.9 Å². The number of anilines is 1. The first kappa shape index (κ1) is 19.6. The molecular weight excluding hydrogens is 416 g/mol. The zero-order chi connectivity index (χ0) is 19.3. The van der Waals surface area contributed by atoms with Crippen LogP contribution in [0.15, 0.2) is 34.9 Å². The van der Waals surface area contributed by atoms with Crippen LogP contribution in [0.1, 0.15) is 32.1 Å². The zero-order valence-electron chi connectivity index (χ0n) is 16.4. The van der Waals surface area contributed by atoms with Gasteiger partial charge in [0, 0.05) is 47.3 Å². The van der Waals surface area contributed by atoms with Crippen LogP contribution < -0.4 is 10.2 Å². The average molecular weight is 445 g/mol. The second-order valence-electron chi connectivity index (χ2n) is 7.95. The zero-order valence-corrected chi connectivity index (χ0v) is 18.0. The van der Waals surface area contributed by atoms with Crippen LogP contribution in [0.4, 0.5) is 5.69 Å². The van der Waals surface area contributed by atoms with Gasteiger partial charge in [-0.1, -0.05) is 15.9 Å². The van der Waals surface area contributed by atoms with Gasteiger partial charge in [0.25, 0.3) is 0 Å². The van der Waals surface area contributed by atoms with Crippen molar-refractivity contribution in [2.45, 2.75) is 32.1 Å². The third kappa shape index (κ3) is 4.66. The van der Waals surface area contributed by atoms with Crippen molar-refractivity contribution in [2.75, 3.05) is 44.2 Å². The second kappa shape index (κ2) is 9.23. The number of nitrogens with one attached hydrogen (secondary N) is 1. The molecule has 2 fully saturated rings. The standard InChI is InChI=1S/C22H29BrN4O/c23-18-4-5-20-19(16-18)21(6-10-24-20)27-14-7-17(8-15-27)22(28)25-9-3-13-26-11-1-2-12-26/h4-6,10,16-17H,1-3,7-9,11-15H2,(H,25,28). The summed E-state index contributed by atoms with van der Waals surface area (Å²) in [6, 6.07) is 8.30. The Bertz CT molecular complexity index is 813. The number of pyridine rings is 1. The number of halogens is 1. The Labute approximate surface area is 175 Å². The van der Waals surface area contributed by atoms with Gasteiger partial charge in [-0.2, -0.15) is 0 Å². The molecule has 2 aliphatic heterocycles. The third-order valence-electron chi connectivity index (χ3n) is 6.04. The first-order valence-corrected chi connectivity index (χ1v) is 11.3. The molecule has 0 spiro atoms. The number of hydrogen-bond acceptors (Lipinski definition) is 4. The molecule has 0 aliphatic carbocycles. The molecule has 6 heteroatoms. The van der Waals surface area contributed by atoms with E-state index >= 15 is 0 Å². The Morgan fingerprint density at radius 1 is 1.14 bits per heavy atom. The van der Waals surface area contributed by atoms with E-state index in [4.69, 9.17) is 0 Å². The number of rotatable bonds is 6. The molecule has 2 aromatic rings. The maximum absolute atomic E-state index is 12.5. The molecule has 1 amide bonds. The fourth-order valence-corrected chi connectivity index (χ4v) is 4.79. The van der Waals surface area contributed by atoms with Crippen LogP contribution in [-0.2, 0) is 4.79 Å². The van der Waals surface area contributed by atoms with Crippen molar-refractivity contribution < 1.29 is 4.79 Å². The Morgan fingerprint density at radius 2 is 1.93 bits per heavy atom. The quantitative estimate of drug-likeness (QED) is 0.687. The Kier molecular flexibility index (Phi) is 6.47. The number of nitrogens with zero attached hydrogens (tertiary/aromatic N) is 3. The van der Waals surface area contributed by atoms with Crippen LogP contribution in [0.3, 0.4) is 0 Å². The van der Waals surface area contributed by atoms with Crippen molar-refractivity contribution in [3.63, 3.8) is 0 Å². The average Bonchev–Trinajstić information content (AvgIpc) is 3.24. The van der Waals surface area contributed by atoms with E-state index < -0.39 is 0 Å². The highest BCUT2D eigenvalue weighted by atomic mass is 79.9. The smallest absolute Gasteiger partial charge is 0.223 e. The van der Waals surface area contributed by atoms with E-state index in [0.29, 0.717) is 0 Å². The largest absolute Gasteiger partial charge is 0.371 e. The van der Waals surface area contributed by atoms with E-state index in [-0.39, 0.29) is 11.8 Å². The summed E-state index contributed by atoms with van der Waals surface area (Å²) in [5.74, 6) is 0.381. The predicted molar refractivity (Wildman–Crippen MR) is 118 cm³/mol. The molecule has 3 heterocycles. The molecule has 4 rings (SSSR count). The minimum Gasteiger partial charge on any atom is -0.371 e. The summed E-state index contributed by atoms with van der Waals surface area (Å²) >= 11 is 3.57. The molecule has 0 unspecified atom stereocenters. The highest BCUT2D eigenvalue weighted by Gasteiger charge is 2.25. The molecule has 0 atom stereocenters. The Balaban J connectivity index is 1.27. The topological polar surface area (TPSA) is 48.5 Å². The van der Waals surface area contributed by atoms with Gasteiger partial charge >= 0.3 is 0 Å². The van der Waals surface area contributed by atoms with Gasteiger partial charge in [-0.05, 0) is 76.0 Å². The normalized spacial score (nSPS) is 18.7. The highest BCUT2D eigenvalue weighted by Crippen LogP contribution is 2.31. The number of benzene rings is 1. The minimum absolute atomic E-state index is 0.142. The molecule has 0 saturated carbocycles. The lowest BCUT2D eigenvalue weighted by Crippen LogP contribution is -2.41. The summed E-state index contributed by atoms with van der Waals surface area (Å²) in [7, 11) is 0. The number of likely N-dealkylation sites (tertiary alicyclic amines) is 1. The fraction of sp³-hybridized carbons (Fsp3) is 0.545. The maximum atomic E-state index is 12.5. The van der Waals surface area contributed by atoms with Gasteiger partial charge < -0.3 is 15.1 Å². The Hall–Kier alpha value is -1.66. The van der Waals surface area contributed by atoms with Crippen LogP contribution in [-0.4, -0.2) is 55.1 Å². The Morgan fingerprint density at radius 3 is 2.71 bits per heavy atom. The molecule has 1 aromatic carbocycles. The van der Waals surface area contributed by atoms with E-state index in [1.807, 2.05) is 18.3 Å². The number of aromatic nitrogens is 1. The van der Waals surface area contributed by atoms with E-state index in [2.05, 4.69) is 48.2 Å². The van der Waals surface area contributed by atoms with Crippen molar-refractivity contribution in [1.29, 1.82) is 0 Å². The third-order valence-corrected chi connectivity index (χ3v) is 6.53. The van der Waals surface area contributed by atoms with Gasteiger partial charge in [0.1, 0.15) is 0 Å². The number of carbonyl (C=O) groups is 1. The monoisotopic (exact) mass is 444 g/mol. The van der Waals surface area contributed by atoms with Crippen molar-refractivity contribution in [3.8, 4) is 0 Å². The van der Waals surface area contributed by atoms with Gasteiger partial charge in [0.05, 0.1) is 5.52 Å². The summed E-state index contributed by atoms with van der Waals surface area (Å²) in [5.41, 5.74) is 2.23. The van der Waals surface area contributed by atoms with E-state index in [1.54, 1.807) is 0 Å². The molecule has 2 saturated heterocycles. The minimum atomic E-state index is 0.142. The van der Waals surface area contributed by atoms with Crippen LogP contribution in [0, 0.1) is 5.92 Å². The number of hydrogen-bond donors (Lipinski definition) is 1. The fourth-order valence-electron chi connectivity index (χ4n) is 4.43. The molecule has 5 nitrogen and oxygen atoms in total. The SMILES string of the molecule is O=C(NCCCN1CCCC1)C1CCN(c2ccnc3ccc(Br)cc23)CC1. The molecular formula is C22H29BrN4O. The lowest BCUT2D eigenvalue weighted by Gasteiger charge is -2.33. The summed E-state index contributed by atoms with van der Waals surface area (Å²) in [6.07, 6.45) is 7.42. The van der Waals surface area contributed by atoms with E-state index in [0.717, 1.165) is 55.4 Å². The summed E-state index contributed by atoms with van der Waals surface area (Å²) < 4.78 is 1.07. The van der Waals surface area contributed by atoms with Crippen molar-refractivity contribution in [3.05, 3.63) is 34.9 Å². The van der Waals surface area contributed by atoms with E-state index in [1.165, 1.54) is 37.0 Å². The van der Waals surface area contributed by atoms with E-state index in [9.17, 15) is 4.79 Å².